The largest absolute Gasteiger partial charge is 0.312 e. The number of nitrogens with one attached hydrogen (secondary N) is 1. The highest BCUT2D eigenvalue weighted by atomic mass is 32.2. The van der Waals surface area contributed by atoms with Gasteiger partial charge >= 0.3 is 0 Å². The number of piperidine rings is 1. The van der Waals surface area contributed by atoms with Crippen LogP contribution in [0.3, 0.4) is 0 Å². The summed E-state index contributed by atoms with van der Waals surface area (Å²) in [5.41, 5.74) is 2.12. The Kier molecular flexibility index (Phi) is 4.35. The average Bonchev–Trinajstić information content (AvgIpc) is 2.95. The lowest BCUT2D eigenvalue weighted by atomic mass is 10.0. The molecule has 2 aromatic rings. The van der Waals surface area contributed by atoms with E-state index in [1.165, 1.54) is 50.1 Å². The summed E-state index contributed by atoms with van der Waals surface area (Å²) in [7, 11) is 0. The van der Waals surface area contributed by atoms with Gasteiger partial charge in [0, 0.05) is 18.8 Å². The molecular formula is C17H24N4S. The van der Waals surface area contributed by atoms with Gasteiger partial charge in [-0.1, -0.05) is 12.8 Å². The first-order valence-electron chi connectivity index (χ1n) is 8.58. The van der Waals surface area contributed by atoms with E-state index in [1.807, 2.05) is 12.3 Å². The highest BCUT2D eigenvalue weighted by molar-refractivity contribution is 7.99. The van der Waals surface area contributed by atoms with Crippen molar-refractivity contribution >= 4 is 22.9 Å². The quantitative estimate of drug-likeness (QED) is 0.940. The molecular weight excluding hydrogens is 292 g/mol. The molecule has 0 aliphatic carbocycles. The molecule has 22 heavy (non-hydrogen) atoms. The summed E-state index contributed by atoms with van der Waals surface area (Å²) in [6.45, 7) is 2.16. The first kappa shape index (κ1) is 14.5. The van der Waals surface area contributed by atoms with Crippen LogP contribution in [0.25, 0.3) is 11.2 Å². The van der Waals surface area contributed by atoms with E-state index in [2.05, 4.69) is 32.7 Å². The molecule has 2 unspecified atom stereocenters. The highest BCUT2D eigenvalue weighted by Crippen LogP contribution is 2.38. The van der Waals surface area contributed by atoms with Crippen molar-refractivity contribution in [3.63, 3.8) is 0 Å². The molecule has 0 amide bonds. The van der Waals surface area contributed by atoms with E-state index in [0.29, 0.717) is 11.3 Å². The fraction of sp³-hybridized carbons (Fsp3) is 0.647. The molecule has 0 bridgehead atoms. The number of rotatable bonds is 3. The van der Waals surface area contributed by atoms with Crippen molar-refractivity contribution in [1.82, 2.24) is 19.9 Å². The van der Waals surface area contributed by atoms with Crippen molar-refractivity contribution in [3.05, 3.63) is 24.2 Å². The molecule has 1 N–H and O–H groups in total. The number of imidazole rings is 1. The van der Waals surface area contributed by atoms with Crippen LogP contribution in [0, 0.1) is 0 Å². The molecule has 4 heterocycles. The molecule has 2 atom stereocenters. The Bertz CT molecular complexity index is 627. The fourth-order valence-electron chi connectivity index (χ4n) is 3.65. The molecule has 2 aliphatic heterocycles. The van der Waals surface area contributed by atoms with Crippen LogP contribution < -0.4 is 5.32 Å². The Morgan fingerprint density at radius 3 is 3.00 bits per heavy atom. The van der Waals surface area contributed by atoms with Gasteiger partial charge in [-0.25, -0.2) is 9.97 Å². The van der Waals surface area contributed by atoms with E-state index in [0.717, 1.165) is 24.3 Å². The van der Waals surface area contributed by atoms with Crippen LogP contribution >= 0.6 is 11.8 Å². The third kappa shape index (κ3) is 2.88. The van der Waals surface area contributed by atoms with E-state index in [1.54, 1.807) is 0 Å². The third-order valence-corrected chi connectivity index (χ3v) is 6.19. The van der Waals surface area contributed by atoms with Crippen LogP contribution in [0.2, 0.25) is 0 Å². The molecule has 118 valence electrons. The second-order valence-corrected chi connectivity index (χ2v) is 7.74. The monoisotopic (exact) mass is 316 g/mol. The zero-order chi connectivity index (χ0) is 14.8. The van der Waals surface area contributed by atoms with E-state index < -0.39 is 0 Å². The Morgan fingerprint density at radius 1 is 1.23 bits per heavy atom. The van der Waals surface area contributed by atoms with Crippen molar-refractivity contribution in [1.29, 1.82) is 0 Å². The van der Waals surface area contributed by atoms with Gasteiger partial charge in [-0.15, -0.1) is 0 Å². The van der Waals surface area contributed by atoms with Gasteiger partial charge in [0.25, 0.3) is 0 Å². The summed E-state index contributed by atoms with van der Waals surface area (Å²) in [4.78, 5) is 9.58. The summed E-state index contributed by atoms with van der Waals surface area (Å²) >= 11 is 2.08. The van der Waals surface area contributed by atoms with Gasteiger partial charge in [0.05, 0.1) is 5.25 Å². The Morgan fingerprint density at radius 2 is 2.18 bits per heavy atom. The summed E-state index contributed by atoms with van der Waals surface area (Å²) in [5.74, 6) is 2.52. The summed E-state index contributed by atoms with van der Waals surface area (Å²) in [5, 5.41) is 4.22. The standard InChI is InChI=1S/C17H24N4S/c1-3-9-18-13(6-1)12-21-16-14(7-5-10-19-16)20-17(21)15-8-2-4-11-22-15/h5,7,10,13,15,18H,1-4,6,8-9,11-12H2. The van der Waals surface area contributed by atoms with Crippen LogP contribution in [-0.2, 0) is 6.54 Å². The zero-order valence-corrected chi connectivity index (χ0v) is 13.8. The van der Waals surface area contributed by atoms with E-state index in [9.17, 15) is 0 Å². The van der Waals surface area contributed by atoms with Gasteiger partial charge < -0.3 is 9.88 Å². The lowest BCUT2D eigenvalue weighted by molar-refractivity contribution is 0.361. The second kappa shape index (κ2) is 6.59. The minimum Gasteiger partial charge on any atom is -0.312 e. The smallest absolute Gasteiger partial charge is 0.160 e. The Labute approximate surface area is 136 Å². The minimum atomic E-state index is 0.548. The molecule has 2 fully saturated rings. The Hall–Kier alpha value is -1.07. The van der Waals surface area contributed by atoms with Gasteiger partial charge in [0.15, 0.2) is 5.65 Å². The SMILES string of the molecule is c1cnc2c(c1)nc(C1CCCCS1)n2CC1CCCCN1. The molecule has 2 saturated heterocycles. The molecule has 0 saturated carbocycles. The van der Waals surface area contributed by atoms with E-state index in [4.69, 9.17) is 4.98 Å². The average molecular weight is 316 g/mol. The second-order valence-electron chi connectivity index (χ2n) is 6.43. The predicted octanol–water partition coefficient (Wildman–Crippen LogP) is 3.53. The van der Waals surface area contributed by atoms with Crippen LogP contribution in [0.5, 0.6) is 0 Å². The third-order valence-electron chi connectivity index (χ3n) is 4.82. The van der Waals surface area contributed by atoms with Gasteiger partial charge in [-0.3, -0.25) is 0 Å². The maximum absolute atomic E-state index is 4.95. The van der Waals surface area contributed by atoms with Crippen LogP contribution in [-0.4, -0.2) is 32.9 Å². The number of pyridine rings is 1. The van der Waals surface area contributed by atoms with Gasteiger partial charge in [0.1, 0.15) is 11.3 Å². The lowest BCUT2D eigenvalue weighted by Crippen LogP contribution is -2.37. The zero-order valence-electron chi connectivity index (χ0n) is 13.0. The number of nitrogens with zero attached hydrogens (tertiary/aromatic N) is 3. The number of hydrogen-bond acceptors (Lipinski definition) is 4. The van der Waals surface area contributed by atoms with E-state index >= 15 is 0 Å². The van der Waals surface area contributed by atoms with Gasteiger partial charge in [0.2, 0.25) is 0 Å². The molecule has 2 aromatic heterocycles. The lowest BCUT2D eigenvalue weighted by Gasteiger charge is -2.27. The van der Waals surface area contributed by atoms with Crippen molar-refractivity contribution in [2.45, 2.75) is 56.4 Å². The first-order valence-corrected chi connectivity index (χ1v) is 9.63. The molecule has 0 spiro atoms. The summed E-state index contributed by atoms with van der Waals surface area (Å²) in [6, 6.07) is 4.67. The molecule has 0 aromatic carbocycles. The van der Waals surface area contributed by atoms with Crippen molar-refractivity contribution in [2.24, 2.45) is 0 Å². The predicted molar refractivity (Wildman–Crippen MR) is 92.2 cm³/mol. The van der Waals surface area contributed by atoms with Crippen LogP contribution in [0.15, 0.2) is 18.3 Å². The summed E-state index contributed by atoms with van der Waals surface area (Å²) in [6.07, 6.45) is 9.75. The molecule has 2 aliphatic rings. The van der Waals surface area contributed by atoms with Crippen molar-refractivity contribution in [2.75, 3.05) is 12.3 Å². The number of thioether (sulfide) groups is 1. The normalized spacial score (nSPS) is 26.4. The maximum atomic E-state index is 4.95. The van der Waals surface area contributed by atoms with Crippen molar-refractivity contribution < 1.29 is 0 Å². The van der Waals surface area contributed by atoms with Gasteiger partial charge in [-0.05, 0) is 50.1 Å². The maximum Gasteiger partial charge on any atom is 0.160 e. The topological polar surface area (TPSA) is 42.7 Å². The molecule has 4 nitrogen and oxygen atoms in total. The minimum absolute atomic E-state index is 0.548. The molecule has 0 radical (unpaired) electrons. The highest BCUT2D eigenvalue weighted by Gasteiger charge is 2.25. The van der Waals surface area contributed by atoms with Gasteiger partial charge in [-0.2, -0.15) is 11.8 Å². The van der Waals surface area contributed by atoms with E-state index in [-0.39, 0.29) is 0 Å². The number of aromatic nitrogens is 3. The van der Waals surface area contributed by atoms with Crippen LogP contribution in [0.1, 0.15) is 49.6 Å². The molecule has 5 heteroatoms. The molecule has 4 rings (SSSR count). The number of fused-ring (bicyclic) bond motifs is 1. The van der Waals surface area contributed by atoms with Crippen LogP contribution in [0.4, 0.5) is 0 Å². The number of hydrogen-bond donors (Lipinski definition) is 1. The van der Waals surface area contributed by atoms with Crippen molar-refractivity contribution in [3.8, 4) is 0 Å². The summed E-state index contributed by atoms with van der Waals surface area (Å²) < 4.78 is 2.40. The fourth-order valence-corrected chi connectivity index (χ4v) is 4.96. The first-order chi connectivity index (χ1) is 10.9. The Balaban J connectivity index is 1.69.